The molecule has 0 atom stereocenters. The van der Waals surface area contributed by atoms with E-state index in [0.717, 1.165) is 39.3 Å². The fraction of sp³-hybridized carbons (Fsp3) is 0.517. The Morgan fingerprint density at radius 2 is 1.44 bits per heavy atom. The summed E-state index contributed by atoms with van der Waals surface area (Å²) in [6, 6.07) is 0. The first-order valence-electron chi connectivity index (χ1n) is 14.1. The summed E-state index contributed by atoms with van der Waals surface area (Å²) >= 11 is 12.3. The van der Waals surface area contributed by atoms with Crippen molar-refractivity contribution in [2.75, 3.05) is 63.7 Å². The van der Waals surface area contributed by atoms with Crippen LogP contribution in [0.1, 0.15) is 79.8 Å². The third-order valence-electron chi connectivity index (χ3n) is 5.85. The van der Waals surface area contributed by atoms with Crippen LogP contribution < -0.4 is 11.1 Å². The largest absolute Gasteiger partial charge is 0.462 e. The van der Waals surface area contributed by atoms with Crippen molar-refractivity contribution in [2.45, 2.75) is 48.0 Å². The predicted molar refractivity (Wildman–Crippen MR) is 172 cm³/mol. The Hall–Kier alpha value is -3.32. The fourth-order valence-corrected chi connectivity index (χ4v) is 4.58. The standard InChI is InChI=1S/C17H25ClN4O3.C10H12ClN3O2.C2H6/c1-3-25-17(23)13-11-21-16(14(12(2)19)15(13)18)20-5-4-6-22-7-9-24-10-8-22;1-3-16-10(15)6-4-14-9(13)7(5(2)12)8(6)11;1-2/h11,19H,3-10H2,1-2H3,(H,20,21);4,12H,3H2,1-2H3,(H2,13,14);1-2H3. The number of rotatable bonds is 11. The van der Waals surface area contributed by atoms with Crippen LogP contribution >= 0.6 is 23.2 Å². The summed E-state index contributed by atoms with van der Waals surface area (Å²) in [5.41, 5.74) is 7.00. The topological polar surface area (TPSA) is 177 Å². The minimum Gasteiger partial charge on any atom is -0.462 e. The SMILES string of the molecule is CC.CCOC(=O)c1cnc(N)c(C(C)=N)c1Cl.CCOC(=O)c1cnc(NCCCN2CCOCC2)c(C(C)=N)c1Cl. The van der Waals surface area contributed by atoms with Gasteiger partial charge >= 0.3 is 11.9 Å². The summed E-state index contributed by atoms with van der Waals surface area (Å²) in [7, 11) is 0. The van der Waals surface area contributed by atoms with Gasteiger partial charge in [0.05, 0.1) is 58.7 Å². The van der Waals surface area contributed by atoms with Crippen molar-refractivity contribution in [2.24, 2.45) is 0 Å². The van der Waals surface area contributed by atoms with Gasteiger partial charge in [0.15, 0.2) is 0 Å². The molecular formula is C29H43Cl2N7O5. The molecular weight excluding hydrogens is 597 g/mol. The van der Waals surface area contributed by atoms with E-state index in [0.29, 0.717) is 17.9 Å². The molecule has 2 aromatic rings. The molecule has 2 aromatic heterocycles. The molecule has 238 valence electrons. The number of halogens is 2. The van der Waals surface area contributed by atoms with Crippen LogP contribution in [0.3, 0.4) is 0 Å². The third-order valence-corrected chi connectivity index (χ3v) is 6.63. The highest BCUT2D eigenvalue weighted by Gasteiger charge is 2.21. The van der Waals surface area contributed by atoms with Gasteiger partial charge in [-0.1, -0.05) is 37.0 Å². The minimum atomic E-state index is -0.567. The van der Waals surface area contributed by atoms with E-state index in [9.17, 15) is 9.59 Å². The summed E-state index contributed by atoms with van der Waals surface area (Å²) in [4.78, 5) is 33.9. The molecule has 1 fully saturated rings. The van der Waals surface area contributed by atoms with Gasteiger partial charge in [-0.25, -0.2) is 19.6 Å². The summed E-state index contributed by atoms with van der Waals surface area (Å²) in [5.74, 6) is -0.443. The van der Waals surface area contributed by atoms with E-state index in [2.05, 4.69) is 20.2 Å². The first kappa shape index (κ1) is 37.7. The zero-order valence-electron chi connectivity index (χ0n) is 25.7. The average Bonchev–Trinajstić information content (AvgIpc) is 2.97. The molecule has 0 aromatic carbocycles. The van der Waals surface area contributed by atoms with E-state index >= 15 is 0 Å². The van der Waals surface area contributed by atoms with Crippen LogP contribution in [0, 0.1) is 10.8 Å². The van der Waals surface area contributed by atoms with Gasteiger partial charge in [-0.15, -0.1) is 0 Å². The molecule has 1 saturated heterocycles. The first-order chi connectivity index (χ1) is 20.5. The van der Waals surface area contributed by atoms with Crippen molar-refractivity contribution in [3.8, 4) is 0 Å². The Bertz CT molecular complexity index is 1250. The van der Waals surface area contributed by atoms with Crippen molar-refractivity contribution in [1.29, 1.82) is 10.8 Å². The van der Waals surface area contributed by atoms with Gasteiger partial charge in [0.1, 0.15) is 11.6 Å². The smallest absolute Gasteiger partial charge is 0.341 e. The number of nitrogens with two attached hydrogens (primary N) is 1. The highest BCUT2D eigenvalue weighted by atomic mass is 35.5. The maximum absolute atomic E-state index is 11.9. The number of esters is 2. The lowest BCUT2D eigenvalue weighted by Crippen LogP contribution is -2.37. The zero-order valence-corrected chi connectivity index (χ0v) is 27.2. The number of pyridine rings is 2. The quantitative estimate of drug-likeness (QED) is 0.142. The number of ether oxygens (including phenoxy) is 3. The van der Waals surface area contributed by atoms with E-state index in [1.165, 1.54) is 19.3 Å². The number of carbonyl (C=O) groups excluding carboxylic acids is 2. The summed E-state index contributed by atoms with van der Waals surface area (Å²) < 4.78 is 15.1. The second-order valence-electron chi connectivity index (χ2n) is 8.88. The van der Waals surface area contributed by atoms with E-state index in [-0.39, 0.29) is 57.2 Å². The Balaban J connectivity index is 0.000000443. The molecule has 0 amide bonds. The minimum absolute atomic E-state index is 0.110. The molecule has 0 aliphatic carbocycles. The molecule has 3 rings (SSSR count). The molecule has 0 unspecified atom stereocenters. The van der Waals surface area contributed by atoms with Gasteiger partial charge in [-0.2, -0.15) is 0 Å². The van der Waals surface area contributed by atoms with Crippen molar-refractivity contribution in [3.63, 3.8) is 0 Å². The second-order valence-corrected chi connectivity index (χ2v) is 9.64. The van der Waals surface area contributed by atoms with Crippen molar-refractivity contribution < 1.29 is 23.8 Å². The van der Waals surface area contributed by atoms with Crippen LogP contribution in [0.4, 0.5) is 11.6 Å². The first-order valence-corrected chi connectivity index (χ1v) is 14.9. The van der Waals surface area contributed by atoms with Crippen LogP contribution in [0.2, 0.25) is 10.0 Å². The molecule has 5 N–H and O–H groups in total. The van der Waals surface area contributed by atoms with Crippen LogP contribution in [0.15, 0.2) is 12.4 Å². The molecule has 14 heteroatoms. The number of hydrogen-bond donors (Lipinski definition) is 4. The van der Waals surface area contributed by atoms with Gasteiger partial charge in [0.2, 0.25) is 0 Å². The highest BCUT2D eigenvalue weighted by Crippen LogP contribution is 2.28. The number of anilines is 2. The highest BCUT2D eigenvalue weighted by molar-refractivity contribution is 6.38. The Morgan fingerprint density at radius 3 is 1.93 bits per heavy atom. The lowest BCUT2D eigenvalue weighted by Gasteiger charge is -2.26. The van der Waals surface area contributed by atoms with Crippen LogP contribution in [0.5, 0.6) is 0 Å². The number of morpholine rings is 1. The maximum Gasteiger partial charge on any atom is 0.341 e. The zero-order chi connectivity index (χ0) is 32.5. The summed E-state index contributed by atoms with van der Waals surface area (Å²) in [5, 5.41) is 19.0. The molecule has 0 saturated carbocycles. The normalized spacial score (nSPS) is 12.6. The van der Waals surface area contributed by atoms with Gasteiger partial charge in [0.25, 0.3) is 0 Å². The lowest BCUT2D eigenvalue weighted by atomic mass is 10.1. The predicted octanol–water partition coefficient (Wildman–Crippen LogP) is 5.34. The van der Waals surface area contributed by atoms with Crippen LogP contribution in [0.25, 0.3) is 0 Å². The van der Waals surface area contributed by atoms with Crippen molar-refractivity contribution in [1.82, 2.24) is 14.9 Å². The monoisotopic (exact) mass is 639 g/mol. The summed E-state index contributed by atoms with van der Waals surface area (Å²) in [6.45, 7) is 16.3. The Morgan fingerprint density at radius 1 is 0.953 bits per heavy atom. The van der Waals surface area contributed by atoms with Gasteiger partial charge in [-0.3, -0.25) is 4.90 Å². The van der Waals surface area contributed by atoms with Gasteiger partial charge in [0, 0.05) is 43.5 Å². The van der Waals surface area contributed by atoms with E-state index in [1.54, 1.807) is 20.8 Å². The molecule has 0 bridgehead atoms. The van der Waals surface area contributed by atoms with Crippen LogP contribution in [-0.4, -0.2) is 90.8 Å². The Labute approximate surface area is 263 Å². The van der Waals surface area contributed by atoms with E-state index in [1.807, 2.05) is 13.8 Å². The molecule has 1 aliphatic rings. The molecule has 0 spiro atoms. The number of carbonyl (C=O) groups is 2. The molecule has 0 radical (unpaired) electrons. The fourth-order valence-electron chi connectivity index (χ4n) is 3.86. The number of nitrogens with one attached hydrogen (secondary N) is 3. The van der Waals surface area contributed by atoms with E-state index in [4.69, 9.17) is 54.0 Å². The molecule has 3 heterocycles. The average molecular weight is 641 g/mol. The number of nitrogen functional groups attached to an aromatic ring is 1. The summed E-state index contributed by atoms with van der Waals surface area (Å²) in [6.07, 6.45) is 3.59. The van der Waals surface area contributed by atoms with E-state index < -0.39 is 11.9 Å². The Kier molecular flexibility index (Phi) is 17.4. The lowest BCUT2D eigenvalue weighted by molar-refractivity contribution is 0.0378. The second kappa shape index (κ2) is 19.8. The van der Waals surface area contributed by atoms with Crippen molar-refractivity contribution >= 4 is 58.2 Å². The van der Waals surface area contributed by atoms with Crippen LogP contribution in [-0.2, 0) is 14.2 Å². The number of nitrogens with zero attached hydrogens (tertiary/aromatic N) is 3. The molecule has 1 aliphatic heterocycles. The number of aromatic nitrogens is 2. The number of hydrogen-bond acceptors (Lipinski definition) is 12. The molecule has 12 nitrogen and oxygen atoms in total. The van der Waals surface area contributed by atoms with Gasteiger partial charge in [-0.05, 0) is 40.7 Å². The van der Waals surface area contributed by atoms with Gasteiger partial charge < -0.3 is 36.1 Å². The third kappa shape index (κ3) is 11.4. The molecule has 43 heavy (non-hydrogen) atoms. The van der Waals surface area contributed by atoms with Crippen molar-refractivity contribution in [3.05, 3.63) is 44.7 Å². The maximum atomic E-state index is 11.9.